The third-order valence-electron chi connectivity index (χ3n) is 2.92. The van der Waals surface area contributed by atoms with Crippen LogP contribution in [0.1, 0.15) is 13.8 Å². The Bertz CT molecular complexity index is 538. The van der Waals surface area contributed by atoms with Crippen LogP contribution in [0.2, 0.25) is 5.02 Å². The second-order valence-electron chi connectivity index (χ2n) is 5.14. The molecule has 1 aromatic carbocycles. The Morgan fingerprint density at radius 2 is 1.96 bits per heavy atom. The number of methoxy groups -OCH3 is 2. The van der Waals surface area contributed by atoms with Crippen LogP contribution in [0.25, 0.3) is 0 Å². The predicted molar refractivity (Wildman–Crippen MR) is 86.6 cm³/mol. The van der Waals surface area contributed by atoms with Crippen LogP contribution < -0.4 is 10.1 Å². The number of ether oxygens (including phenoxy) is 3. The maximum Gasteiger partial charge on any atom is 0.321 e. The summed E-state index contributed by atoms with van der Waals surface area (Å²) in [6, 6.07) is 1.94. The standard InChI is InChI=1S/C15H22ClFN2O4/c1-9(2)23-13-7-12(11(17)6-10(13)16)18-15(20)19(3)8-14(21-4)22-5/h6-7,9,14H,8H2,1-5H3,(H,18,20). The molecular formula is C15H22ClFN2O4. The van der Waals surface area contributed by atoms with Crippen LogP contribution in [0.15, 0.2) is 12.1 Å². The van der Waals surface area contributed by atoms with Crippen LogP contribution in [0.5, 0.6) is 5.75 Å². The molecule has 0 atom stereocenters. The number of urea groups is 1. The van der Waals surface area contributed by atoms with E-state index in [0.717, 1.165) is 6.07 Å². The van der Waals surface area contributed by atoms with E-state index in [2.05, 4.69) is 5.32 Å². The summed E-state index contributed by atoms with van der Waals surface area (Å²) in [4.78, 5) is 13.4. The highest BCUT2D eigenvalue weighted by atomic mass is 35.5. The number of rotatable bonds is 7. The van der Waals surface area contributed by atoms with E-state index in [9.17, 15) is 9.18 Å². The number of nitrogens with one attached hydrogen (secondary N) is 1. The molecule has 130 valence electrons. The van der Waals surface area contributed by atoms with Crippen molar-refractivity contribution < 1.29 is 23.4 Å². The Labute approximate surface area is 140 Å². The lowest BCUT2D eigenvalue weighted by Crippen LogP contribution is -2.38. The number of amides is 2. The zero-order valence-corrected chi connectivity index (χ0v) is 14.6. The number of nitrogens with zero attached hydrogens (tertiary/aromatic N) is 1. The second-order valence-corrected chi connectivity index (χ2v) is 5.55. The van der Waals surface area contributed by atoms with E-state index >= 15 is 0 Å². The fourth-order valence-corrected chi connectivity index (χ4v) is 1.93. The van der Waals surface area contributed by atoms with Crippen LogP contribution in [0.3, 0.4) is 0 Å². The van der Waals surface area contributed by atoms with Gasteiger partial charge in [-0.1, -0.05) is 11.6 Å². The molecule has 0 bridgehead atoms. The molecule has 0 saturated heterocycles. The number of likely N-dealkylation sites (N-methyl/N-ethyl adjacent to an activating group) is 1. The molecule has 23 heavy (non-hydrogen) atoms. The monoisotopic (exact) mass is 348 g/mol. The normalized spacial score (nSPS) is 11.0. The summed E-state index contributed by atoms with van der Waals surface area (Å²) < 4.78 is 29.5. The molecular weight excluding hydrogens is 327 g/mol. The molecule has 0 aliphatic carbocycles. The summed E-state index contributed by atoms with van der Waals surface area (Å²) in [6.45, 7) is 3.83. The predicted octanol–water partition coefficient (Wildman–Crippen LogP) is 3.35. The number of carbonyl (C=O) groups excluding carboxylic acids is 1. The SMILES string of the molecule is COC(CN(C)C(=O)Nc1cc(OC(C)C)c(Cl)cc1F)OC. The van der Waals surface area contributed by atoms with E-state index in [1.807, 2.05) is 13.8 Å². The summed E-state index contributed by atoms with van der Waals surface area (Å²) in [5, 5.41) is 2.61. The first-order chi connectivity index (χ1) is 10.8. The van der Waals surface area contributed by atoms with Crippen LogP contribution in [0.4, 0.5) is 14.9 Å². The highest BCUT2D eigenvalue weighted by Gasteiger charge is 2.18. The van der Waals surface area contributed by atoms with Crippen LogP contribution in [-0.2, 0) is 9.47 Å². The minimum atomic E-state index is -0.650. The van der Waals surface area contributed by atoms with Crippen molar-refractivity contribution in [2.24, 2.45) is 0 Å². The first kappa shape index (κ1) is 19.5. The summed E-state index contributed by atoms with van der Waals surface area (Å²) in [7, 11) is 4.47. The van der Waals surface area contributed by atoms with E-state index in [-0.39, 0.29) is 23.4 Å². The molecule has 0 radical (unpaired) electrons. The average molecular weight is 349 g/mol. The highest BCUT2D eigenvalue weighted by molar-refractivity contribution is 6.32. The molecule has 0 unspecified atom stereocenters. The van der Waals surface area contributed by atoms with Crippen molar-refractivity contribution in [3.05, 3.63) is 23.0 Å². The van der Waals surface area contributed by atoms with Gasteiger partial charge in [-0.05, 0) is 19.9 Å². The van der Waals surface area contributed by atoms with Gasteiger partial charge in [-0.25, -0.2) is 9.18 Å². The number of hydrogen-bond donors (Lipinski definition) is 1. The molecule has 0 spiro atoms. The van der Waals surface area contributed by atoms with Gasteiger partial charge in [-0.3, -0.25) is 0 Å². The summed E-state index contributed by atoms with van der Waals surface area (Å²) in [5.41, 5.74) is -0.0201. The van der Waals surface area contributed by atoms with Crippen molar-refractivity contribution in [2.45, 2.75) is 26.2 Å². The molecule has 1 aromatic rings. The van der Waals surface area contributed by atoms with Gasteiger partial charge >= 0.3 is 6.03 Å². The molecule has 8 heteroatoms. The first-order valence-corrected chi connectivity index (χ1v) is 7.39. The van der Waals surface area contributed by atoms with Gasteiger partial charge in [0.05, 0.1) is 23.4 Å². The Hall–Kier alpha value is -1.57. The average Bonchev–Trinajstić information content (AvgIpc) is 2.48. The summed E-state index contributed by atoms with van der Waals surface area (Å²) in [6.07, 6.45) is -0.700. The molecule has 0 aliphatic rings. The van der Waals surface area contributed by atoms with Gasteiger partial charge in [-0.2, -0.15) is 0 Å². The molecule has 0 saturated carbocycles. The van der Waals surface area contributed by atoms with Gasteiger partial charge < -0.3 is 24.4 Å². The number of halogens is 2. The molecule has 1 N–H and O–H groups in total. The topological polar surface area (TPSA) is 60.0 Å². The Morgan fingerprint density at radius 1 is 1.35 bits per heavy atom. The van der Waals surface area contributed by atoms with Crippen molar-refractivity contribution in [1.29, 1.82) is 0 Å². The Kier molecular flexibility index (Phi) is 7.54. The van der Waals surface area contributed by atoms with Crippen molar-refractivity contribution in [2.75, 3.05) is 33.1 Å². The Balaban J connectivity index is 2.84. The maximum absolute atomic E-state index is 14.0. The molecule has 0 aliphatic heterocycles. The summed E-state index contributed by atoms with van der Waals surface area (Å²) >= 11 is 5.93. The number of anilines is 1. The highest BCUT2D eigenvalue weighted by Crippen LogP contribution is 2.31. The van der Waals surface area contributed by atoms with E-state index in [0.29, 0.717) is 5.75 Å². The molecule has 0 heterocycles. The lowest BCUT2D eigenvalue weighted by Gasteiger charge is -2.23. The van der Waals surface area contributed by atoms with Crippen LogP contribution in [-0.4, -0.2) is 51.1 Å². The minimum Gasteiger partial charge on any atom is -0.489 e. The van der Waals surface area contributed by atoms with E-state index in [4.69, 9.17) is 25.8 Å². The van der Waals surface area contributed by atoms with Gasteiger partial charge in [-0.15, -0.1) is 0 Å². The quantitative estimate of drug-likeness (QED) is 0.768. The smallest absolute Gasteiger partial charge is 0.321 e. The fourth-order valence-electron chi connectivity index (χ4n) is 1.73. The molecule has 0 fully saturated rings. The first-order valence-electron chi connectivity index (χ1n) is 7.01. The third kappa shape index (κ3) is 5.85. The number of carbonyl (C=O) groups is 1. The summed E-state index contributed by atoms with van der Waals surface area (Å²) in [5.74, 6) is -0.351. The lowest BCUT2D eigenvalue weighted by atomic mass is 10.2. The van der Waals surface area contributed by atoms with Gasteiger partial charge in [0.1, 0.15) is 11.6 Å². The molecule has 2 amide bonds. The number of hydrogen-bond acceptors (Lipinski definition) is 4. The number of benzene rings is 1. The molecule has 0 aromatic heterocycles. The maximum atomic E-state index is 14.0. The van der Waals surface area contributed by atoms with Crippen LogP contribution in [0, 0.1) is 5.82 Å². The molecule has 6 nitrogen and oxygen atoms in total. The van der Waals surface area contributed by atoms with E-state index in [1.54, 1.807) is 7.05 Å². The largest absolute Gasteiger partial charge is 0.489 e. The van der Waals surface area contributed by atoms with Crippen molar-refractivity contribution in [3.63, 3.8) is 0 Å². The zero-order valence-electron chi connectivity index (χ0n) is 13.9. The van der Waals surface area contributed by atoms with Gasteiger partial charge in [0.15, 0.2) is 6.29 Å². The van der Waals surface area contributed by atoms with Gasteiger partial charge in [0.25, 0.3) is 0 Å². The lowest BCUT2D eigenvalue weighted by molar-refractivity contribution is -0.108. The van der Waals surface area contributed by atoms with Crippen LogP contribution >= 0.6 is 11.6 Å². The van der Waals surface area contributed by atoms with E-state index in [1.165, 1.54) is 25.2 Å². The van der Waals surface area contributed by atoms with Gasteiger partial charge in [0, 0.05) is 27.3 Å². The fraction of sp³-hybridized carbons (Fsp3) is 0.533. The second kappa shape index (κ2) is 8.90. The van der Waals surface area contributed by atoms with Crippen molar-refractivity contribution in [1.82, 2.24) is 4.90 Å². The van der Waals surface area contributed by atoms with Crippen molar-refractivity contribution >= 4 is 23.3 Å². The third-order valence-corrected chi connectivity index (χ3v) is 3.22. The van der Waals surface area contributed by atoms with Gasteiger partial charge in [0.2, 0.25) is 0 Å². The molecule has 1 rings (SSSR count). The minimum absolute atomic E-state index is 0.0201. The van der Waals surface area contributed by atoms with E-state index < -0.39 is 18.1 Å². The van der Waals surface area contributed by atoms with Crippen molar-refractivity contribution in [3.8, 4) is 5.75 Å². The Morgan fingerprint density at radius 3 is 2.48 bits per heavy atom. The zero-order chi connectivity index (χ0) is 17.6.